The zero-order valence-electron chi connectivity index (χ0n) is 7.49. The molecule has 4 N–H and O–H groups in total. The van der Waals surface area contributed by atoms with Gasteiger partial charge in [-0.3, -0.25) is 0 Å². The van der Waals surface area contributed by atoms with Gasteiger partial charge in [0.2, 0.25) is 0 Å². The third-order valence-corrected chi connectivity index (χ3v) is 2.52. The van der Waals surface area contributed by atoms with Crippen LogP contribution in [0.3, 0.4) is 0 Å². The summed E-state index contributed by atoms with van der Waals surface area (Å²) in [5.41, 5.74) is 13.4. The summed E-state index contributed by atoms with van der Waals surface area (Å²) in [6.07, 6.45) is 0.970. The van der Waals surface area contributed by atoms with E-state index < -0.39 is 0 Å². The first-order valence-corrected chi connectivity index (χ1v) is 4.54. The smallest absolute Gasteiger partial charge is 0.124 e. The Labute approximate surface area is 77.7 Å². The number of rotatable bonds is 1. The second-order valence-electron chi connectivity index (χ2n) is 3.33. The molecule has 0 spiro atoms. The molecule has 1 aliphatic heterocycles. The molecule has 0 fully saturated rings. The lowest BCUT2D eigenvalue weighted by Crippen LogP contribution is -2.22. The van der Waals surface area contributed by atoms with Gasteiger partial charge in [-0.2, -0.15) is 0 Å². The van der Waals surface area contributed by atoms with Crippen molar-refractivity contribution in [2.75, 3.05) is 18.9 Å². The van der Waals surface area contributed by atoms with Gasteiger partial charge >= 0.3 is 0 Å². The second-order valence-corrected chi connectivity index (χ2v) is 3.33. The normalized spacial score (nSPS) is 20.5. The first-order valence-electron chi connectivity index (χ1n) is 4.54. The molecule has 0 saturated carbocycles. The zero-order chi connectivity index (χ0) is 9.26. The minimum Gasteiger partial charge on any atom is -0.493 e. The van der Waals surface area contributed by atoms with Crippen LogP contribution in [0, 0.1) is 0 Å². The van der Waals surface area contributed by atoms with Crippen LogP contribution in [0.5, 0.6) is 5.75 Å². The number of anilines is 1. The average Bonchev–Trinajstić information content (AvgIpc) is 2.17. The maximum absolute atomic E-state index is 5.87. The van der Waals surface area contributed by atoms with E-state index in [1.165, 1.54) is 0 Å². The molecule has 70 valence electrons. The van der Waals surface area contributed by atoms with E-state index in [1.807, 2.05) is 18.2 Å². The molecule has 3 nitrogen and oxygen atoms in total. The quantitative estimate of drug-likeness (QED) is 0.633. The molecule has 1 aliphatic rings. The average molecular weight is 178 g/mol. The largest absolute Gasteiger partial charge is 0.493 e. The monoisotopic (exact) mass is 178 g/mol. The predicted octanol–water partition coefficient (Wildman–Crippen LogP) is 1.09. The number of benzene rings is 1. The van der Waals surface area contributed by atoms with Crippen LogP contribution in [-0.4, -0.2) is 13.2 Å². The van der Waals surface area contributed by atoms with Crippen LogP contribution in [-0.2, 0) is 0 Å². The summed E-state index contributed by atoms with van der Waals surface area (Å²) in [6, 6.07) is 5.76. The molecule has 3 heteroatoms. The van der Waals surface area contributed by atoms with Crippen molar-refractivity contribution in [3.63, 3.8) is 0 Å². The van der Waals surface area contributed by atoms with Gasteiger partial charge in [-0.25, -0.2) is 0 Å². The highest BCUT2D eigenvalue weighted by Crippen LogP contribution is 2.36. The molecule has 1 unspecified atom stereocenters. The lowest BCUT2D eigenvalue weighted by molar-refractivity contribution is 0.269. The molecule has 0 bridgehead atoms. The van der Waals surface area contributed by atoms with Gasteiger partial charge in [0.15, 0.2) is 0 Å². The van der Waals surface area contributed by atoms with E-state index in [2.05, 4.69) is 0 Å². The molecule has 1 atom stereocenters. The van der Waals surface area contributed by atoms with Gasteiger partial charge in [0.25, 0.3) is 0 Å². The highest BCUT2D eigenvalue weighted by Gasteiger charge is 2.21. The summed E-state index contributed by atoms with van der Waals surface area (Å²) < 4.78 is 5.50. The third kappa shape index (κ3) is 1.35. The van der Waals surface area contributed by atoms with Gasteiger partial charge in [-0.15, -0.1) is 0 Å². The maximum Gasteiger partial charge on any atom is 0.124 e. The Balaban J connectivity index is 2.47. The molecule has 0 aliphatic carbocycles. The van der Waals surface area contributed by atoms with Crippen LogP contribution in [0.4, 0.5) is 5.69 Å². The Morgan fingerprint density at radius 3 is 3.08 bits per heavy atom. The van der Waals surface area contributed by atoms with Crippen LogP contribution in [0.15, 0.2) is 18.2 Å². The molecule has 0 aromatic heterocycles. The summed E-state index contributed by atoms with van der Waals surface area (Å²) in [7, 11) is 0. The number of nitrogen functional groups attached to an aromatic ring is 1. The number of fused-ring (bicyclic) bond motifs is 1. The zero-order valence-corrected chi connectivity index (χ0v) is 7.49. The van der Waals surface area contributed by atoms with Crippen molar-refractivity contribution in [3.8, 4) is 5.75 Å². The van der Waals surface area contributed by atoms with E-state index in [-0.39, 0.29) is 0 Å². The first kappa shape index (κ1) is 8.38. The fraction of sp³-hybridized carbons (Fsp3) is 0.400. The predicted molar refractivity (Wildman–Crippen MR) is 52.8 cm³/mol. The van der Waals surface area contributed by atoms with Gasteiger partial charge in [-0.05, 0) is 25.1 Å². The lowest BCUT2D eigenvalue weighted by atomic mass is 9.92. The van der Waals surface area contributed by atoms with Gasteiger partial charge in [0, 0.05) is 17.2 Å². The molecule has 0 radical (unpaired) electrons. The fourth-order valence-electron chi connectivity index (χ4n) is 1.81. The molecule has 2 rings (SSSR count). The summed E-state index contributed by atoms with van der Waals surface area (Å²) in [4.78, 5) is 0. The fourth-order valence-corrected chi connectivity index (χ4v) is 1.81. The van der Waals surface area contributed by atoms with E-state index in [0.717, 1.165) is 30.0 Å². The van der Waals surface area contributed by atoms with Gasteiger partial charge in [-0.1, -0.05) is 6.07 Å². The number of hydrogen-bond acceptors (Lipinski definition) is 3. The molecule has 1 heterocycles. The van der Waals surface area contributed by atoms with Crippen LogP contribution in [0.25, 0.3) is 0 Å². The van der Waals surface area contributed by atoms with E-state index in [4.69, 9.17) is 16.2 Å². The van der Waals surface area contributed by atoms with Crippen molar-refractivity contribution >= 4 is 5.69 Å². The third-order valence-electron chi connectivity index (χ3n) is 2.52. The number of nitrogens with two attached hydrogens (primary N) is 2. The minimum atomic E-state index is 0.366. The molecule has 0 amide bonds. The Hall–Kier alpha value is -1.22. The molecular formula is C10H14N2O. The van der Waals surface area contributed by atoms with Crippen molar-refractivity contribution in [1.82, 2.24) is 0 Å². The molecule has 13 heavy (non-hydrogen) atoms. The highest BCUT2D eigenvalue weighted by atomic mass is 16.5. The number of ether oxygens (including phenoxy) is 1. The van der Waals surface area contributed by atoms with Crippen molar-refractivity contribution in [3.05, 3.63) is 23.8 Å². The molecular weight excluding hydrogens is 164 g/mol. The van der Waals surface area contributed by atoms with Crippen LogP contribution >= 0.6 is 0 Å². The number of hydrogen-bond donors (Lipinski definition) is 2. The standard InChI is InChI=1S/C10H14N2O/c11-6-7-4-5-13-9-3-1-2-8(12)10(7)9/h1-3,7H,4-6,11-12H2. The second kappa shape index (κ2) is 3.26. The van der Waals surface area contributed by atoms with Crippen molar-refractivity contribution < 1.29 is 4.74 Å². The van der Waals surface area contributed by atoms with Gasteiger partial charge in [0.05, 0.1) is 6.61 Å². The minimum absolute atomic E-state index is 0.366. The molecule has 1 aromatic rings. The summed E-state index contributed by atoms with van der Waals surface area (Å²) in [6.45, 7) is 1.39. The SMILES string of the molecule is NCC1CCOc2cccc(N)c21. The molecule has 0 saturated heterocycles. The van der Waals surface area contributed by atoms with Crippen LogP contribution in [0.2, 0.25) is 0 Å². The van der Waals surface area contributed by atoms with Gasteiger partial charge in [0.1, 0.15) is 5.75 Å². The Morgan fingerprint density at radius 1 is 1.46 bits per heavy atom. The Bertz CT molecular complexity index is 312. The first-order chi connectivity index (χ1) is 6.33. The van der Waals surface area contributed by atoms with Crippen LogP contribution < -0.4 is 16.2 Å². The van der Waals surface area contributed by atoms with Crippen LogP contribution in [0.1, 0.15) is 17.9 Å². The maximum atomic E-state index is 5.87. The van der Waals surface area contributed by atoms with E-state index >= 15 is 0 Å². The van der Waals surface area contributed by atoms with E-state index in [1.54, 1.807) is 0 Å². The Morgan fingerprint density at radius 2 is 2.31 bits per heavy atom. The summed E-state index contributed by atoms with van der Waals surface area (Å²) in [5, 5.41) is 0. The highest BCUT2D eigenvalue weighted by molar-refractivity contribution is 5.56. The van der Waals surface area contributed by atoms with E-state index in [0.29, 0.717) is 12.5 Å². The van der Waals surface area contributed by atoms with E-state index in [9.17, 15) is 0 Å². The lowest BCUT2D eigenvalue weighted by Gasteiger charge is -2.25. The summed E-state index contributed by atoms with van der Waals surface area (Å²) in [5.74, 6) is 1.27. The van der Waals surface area contributed by atoms with Gasteiger partial charge < -0.3 is 16.2 Å². The van der Waals surface area contributed by atoms with Crippen molar-refractivity contribution in [2.24, 2.45) is 5.73 Å². The summed E-state index contributed by atoms with van der Waals surface area (Å²) >= 11 is 0. The van der Waals surface area contributed by atoms with Crippen molar-refractivity contribution in [1.29, 1.82) is 0 Å². The van der Waals surface area contributed by atoms with Crippen molar-refractivity contribution in [2.45, 2.75) is 12.3 Å². The molecule has 1 aromatic carbocycles. The topological polar surface area (TPSA) is 61.3 Å². The Kier molecular flexibility index (Phi) is 2.10.